The van der Waals surface area contributed by atoms with Crippen LogP contribution in [0, 0.1) is 0 Å². The van der Waals surface area contributed by atoms with E-state index >= 15 is 0 Å². The number of fused-ring (bicyclic) bond motifs is 11. The summed E-state index contributed by atoms with van der Waals surface area (Å²) >= 11 is 0. The van der Waals surface area contributed by atoms with Gasteiger partial charge in [-0.3, -0.25) is 0 Å². The Kier molecular flexibility index (Phi) is 6.98. The summed E-state index contributed by atoms with van der Waals surface area (Å²) in [6.07, 6.45) is 0. The van der Waals surface area contributed by atoms with E-state index in [1.165, 1.54) is 49.6 Å². The molecule has 3 nitrogen and oxygen atoms in total. The summed E-state index contributed by atoms with van der Waals surface area (Å²) in [7, 11) is 0. The van der Waals surface area contributed by atoms with Crippen molar-refractivity contribution in [3.05, 3.63) is 205 Å². The third-order valence-corrected chi connectivity index (χ3v) is 12.6. The maximum absolute atomic E-state index is 7.06. The Bertz CT molecular complexity index is 3430. The lowest BCUT2D eigenvalue weighted by Gasteiger charge is -2.27. The van der Waals surface area contributed by atoms with Crippen LogP contribution in [0.1, 0.15) is 25.0 Å². The van der Waals surface area contributed by atoms with Gasteiger partial charge in [0.25, 0.3) is 0 Å². The molecule has 0 atom stereocenters. The van der Waals surface area contributed by atoms with E-state index in [1.807, 2.05) is 0 Å². The first kappa shape index (κ1) is 32.8. The molecule has 0 aliphatic heterocycles. The van der Waals surface area contributed by atoms with E-state index in [-0.39, 0.29) is 5.41 Å². The van der Waals surface area contributed by atoms with Gasteiger partial charge >= 0.3 is 0 Å². The Labute approximate surface area is 336 Å². The molecule has 1 aliphatic rings. The fourth-order valence-corrected chi connectivity index (χ4v) is 9.84. The molecule has 0 fully saturated rings. The first-order valence-electron chi connectivity index (χ1n) is 20.1. The van der Waals surface area contributed by atoms with Crippen molar-refractivity contribution in [2.45, 2.75) is 19.3 Å². The molecule has 0 N–H and O–H groups in total. The molecule has 0 unspecified atom stereocenters. The van der Waals surface area contributed by atoms with Gasteiger partial charge in [-0.2, -0.15) is 0 Å². The lowest BCUT2D eigenvalue weighted by molar-refractivity contribution is 0.660. The molecular formula is C55H38N2O. The Morgan fingerprint density at radius 2 is 1.05 bits per heavy atom. The number of furan rings is 1. The van der Waals surface area contributed by atoms with E-state index in [2.05, 4.69) is 217 Å². The van der Waals surface area contributed by atoms with Crippen molar-refractivity contribution in [3.8, 4) is 27.9 Å². The highest BCUT2D eigenvalue weighted by molar-refractivity contribution is 6.21. The monoisotopic (exact) mass is 742 g/mol. The molecule has 0 amide bonds. The summed E-state index contributed by atoms with van der Waals surface area (Å²) in [6, 6.07) is 70.5. The van der Waals surface area contributed by atoms with Crippen LogP contribution in [0.3, 0.4) is 0 Å². The van der Waals surface area contributed by atoms with E-state index in [4.69, 9.17) is 4.42 Å². The van der Waals surface area contributed by atoms with Crippen molar-refractivity contribution >= 4 is 71.6 Å². The van der Waals surface area contributed by atoms with Crippen LogP contribution >= 0.6 is 0 Å². The standard InChI is InChI=1S/C55H38N2O/c1-55(2)48-26-13-11-20-40(48)41-30-28-35(32-49(41)55)39-24-15-25-45-47-34-52(42-21-9-10-23-44(42)54(47)58-53(39)45)56(36-16-5-3-6-17-36)38-29-31-51-46(33-38)43-22-12-14-27-50(43)57(51)37-18-7-4-8-19-37/h3-34H,1-2H3. The molecule has 0 saturated carbocycles. The number of nitrogens with zero attached hydrogens (tertiary/aromatic N) is 2. The molecule has 9 aromatic carbocycles. The quantitative estimate of drug-likeness (QED) is 0.175. The van der Waals surface area contributed by atoms with Gasteiger partial charge in [0.1, 0.15) is 11.2 Å². The van der Waals surface area contributed by atoms with Crippen LogP contribution in [0.4, 0.5) is 17.1 Å². The average Bonchev–Trinajstić information content (AvgIpc) is 3.90. The zero-order valence-electron chi connectivity index (χ0n) is 32.3. The highest BCUT2D eigenvalue weighted by Gasteiger charge is 2.35. The highest BCUT2D eigenvalue weighted by atomic mass is 16.3. The molecule has 2 heterocycles. The molecule has 3 heteroatoms. The predicted octanol–water partition coefficient (Wildman–Crippen LogP) is 15.3. The van der Waals surface area contributed by atoms with Gasteiger partial charge in [-0.1, -0.05) is 147 Å². The Morgan fingerprint density at radius 1 is 0.414 bits per heavy atom. The minimum Gasteiger partial charge on any atom is -0.455 e. The SMILES string of the molecule is CC1(C)c2ccccc2-c2ccc(-c3cccc4c3oc3c5ccccc5c(N(c5ccccc5)c5ccc6c(c5)c5ccccc5n6-c5ccccc5)cc43)cc21. The van der Waals surface area contributed by atoms with E-state index in [0.717, 1.165) is 61.0 Å². The van der Waals surface area contributed by atoms with Crippen molar-refractivity contribution in [2.75, 3.05) is 4.90 Å². The molecule has 0 saturated heterocycles. The summed E-state index contributed by atoms with van der Waals surface area (Å²) in [5.74, 6) is 0. The predicted molar refractivity (Wildman–Crippen MR) is 243 cm³/mol. The normalized spacial score (nSPS) is 13.1. The van der Waals surface area contributed by atoms with E-state index in [0.29, 0.717) is 0 Å². The van der Waals surface area contributed by atoms with Gasteiger partial charge in [-0.25, -0.2) is 0 Å². The Morgan fingerprint density at radius 3 is 1.90 bits per heavy atom. The molecule has 0 spiro atoms. The summed E-state index contributed by atoms with van der Waals surface area (Å²) < 4.78 is 9.43. The Hall–Kier alpha value is -7.36. The first-order chi connectivity index (χ1) is 28.5. The van der Waals surface area contributed by atoms with Gasteiger partial charge in [0.2, 0.25) is 0 Å². The van der Waals surface area contributed by atoms with Gasteiger partial charge in [0, 0.05) is 60.4 Å². The van der Waals surface area contributed by atoms with Crippen LogP contribution in [0.2, 0.25) is 0 Å². The van der Waals surface area contributed by atoms with Crippen LogP contribution < -0.4 is 4.90 Å². The molecule has 12 rings (SSSR count). The fourth-order valence-electron chi connectivity index (χ4n) is 9.84. The lowest BCUT2D eigenvalue weighted by atomic mass is 9.81. The van der Waals surface area contributed by atoms with Crippen LogP contribution in [-0.4, -0.2) is 4.57 Å². The van der Waals surface area contributed by atoms with Gasteiger partial charge in [-0.05, 0) is 88.5 Å². The third-order valence-electron chi connectivity index (χ3n) is 12.6. The number of anilines is 3. The summed E-state index contributed by atoms with van der Waals surface area (Å²) in [5.41, 5.74) is 16.2. The van der Waals surface area contributed by atoms with Crippen LogP contribution in [0.15, 0.2) is 199 Å². The van der Waals surface area contributed by atoms with Crippen molar-refractivity contribution in [3.63, 3.8) is 0 Å². The van der Waals surface area contributed by atoms with E-state index in [9.17, 15) is 0 Å². The summed E-state index contributed by atoms with van der Waals surface area (Å²) in [5, 5.41) is 6.86. The van der Waals surface area contributed by atoms with Crippen LogP contribution in [-0.2, 0) is 5.41 Å². The molecule has 1 aliphatic carbocycles. The van der Waals surface area contributed by atoms with Gasteiger partial charge in [0.15, 0.2) is 0 Å². The number of hydrogen-bond donors (Lipinski definition) is 0. The number of para-hydroxylation sites is 4. The maximum atomic E-state index is 7.06. The highest BCUT2D eigenvalue weighted by Crippen LogP contribution is 2.51. The van der Waals surface area contributed by atoms with Crippen molar-refractivity contribution in [2.24, 2.45) is 0 Å². The summed E-state index contributed by atoms with van der Waals surface area (Å²) in [6.45, 7) is 4.68. The molecule has 274 valence electrons. The van der Waals surface area contributed by atoms with Crippen molar-refractivity contribution in [1.82, 2.24) is 4.57 Å². The second kappa shape index (κ2) is 12.3. The number of aromatic nitrogens is 1. The van der Waals surface area contributed by atoms with Gasteiger partial charge < -0.3 is 13.9 Å². The van der Waals surface area contributed by atoms with Gasteiger partial charge in [0.05, 0.1) is 16.7 Å². The third kappa shape index (κ3) is 4.68. The molecule has 0 bridgehead atoms. The van der Waals surface area contributed by atoms with E-state index in [1.54, 1.807) is 0 Å². The first-order valence-corrected chi connectivity index (χ1v) is 20.1. The van der Waals surface area contributed by atoms with Crippen molar-refractivity contribution < 1.29 is 4.42 Å². The number of rotatable bonds is 5. The van der Waals surface area contributed by atoms with Crippen LogP contribution in [0.5, 0.6) is 0 Å². The maximum Gasteiger partial charge on any atom is 0.143 e. The molecular weight excluding hydrogens is 705 g/mol. The smallest absolute Gasteiger partial charge is 0.143 e. The minimum atomic E-state index is -0.0881. The molecule has 2 aromatic heterocycles. The minimum absolute atomic E-state index is 0.0881. The van der Waals surface area contributed by atoms with Gasteiger partial charge in [-0.15, -0.1) is 0 Å². The second-order valence-corrected chi connectivity index (χ2v) is 16.1. The summed E-state index contributed by atoms with van der Waals surface area (Å²) in [4.78, 5) is 2.42. The topological polar surface area (TPSA) is 21.3 Å². The number of benzene rings is 9. The number of hydrogen-bond acceptors (Lipinski definition) is 2. The fraction of sp³-hybridized carbons (Fsp3) is 0.0545. The van der Waals surface area contributed by atoms with E-state index < -0.39 is 0 Å². The molecule has 0 radical (unpaired) electrons. The average molecular weight is 743 g/mol. The Balaban J connectivity index is 1.08. The zero-order chi connectivity index (χ0) is 38.5. The lowest BCUT2D eigenvalue weighted by Crippen LogP contribution is -2.14. The largest absolute Gasteiger partial charge is 0.455 e. The van der Waals surface area contributed by atoms with Crippen LogP contribution in [0.25, 0.3) is 82.5 Å². The molecule has 11 aromatic rings. The zero-order valence-corrected chi connectivity index (χ0v) is 32.3. The van der Waals surface area contributed by atoms with Crippen molar-refractivity contribution in [1.29, 1.82) is 0 Å². The molecule has 58 heavy (non-hydrogen) atoms. The second-order valence-electron chi connectivity index (χ2n) is 16.1.